The summed E-state index contributed by atoms with van der Waals surface area (Å²) in [6.07, 6.45) is 0.299. The fourth-order valence-corrected chi connectivity index (χ4v) is 6.16. The lowest BCUT2D eigenvalue weighted by molar-refractivity contribution is -0.140. The van der Waals surface area contributed by atoms with Gasteiger partial charge in [-0.25, -0.2) is 8.42 Å². The van der Waals surface area contributed by atoms with Crippen LogP contribution in [0.25, 0.3) is 0 Å². The Hall–Kier alpha value is -3.96. The Kier molecular flexibility index (Phi) is 12.1. The zero-order chi connectivity index (χ0) is 31.6. The summed E-state index contributed by atoms with van der Waals surface area (Å²) in [5, 5.41) is 3.20. The lowest BCUT2D eigenvalue weighted by Crippen LogP contribution is -2.52. The fourth-order valence-electron chi connectivity index (χ4n) is 4.53. The van der Waals surface area contributed by atoms with E-state index in [-0.39, 0.29) is 28.8 Å². The number of ether oxygens (including phenoxy) is 3. The average Bonchev–Trinajstić information content (AvgIpc) is 3.00. The summed E-state index contributed by atoms with van der Waals surface area (Å²) in [5.74, 6) is 0.174. The van der Waals surface area contributed by atoms with Crippen molar-refractivity contribution in [3.8, 4) is 17.2 Å². The molecule has 0 aliphatic carbocycles. The highest BCUT2D eigenvalue weighted by Crippen LogP contribution is 2.33. The molecule has 0 fully saturated rings. The monoisotopic (exact) mass is 631 g/mol. The molecule has 10 nitrogen and oxygen atoms in total. The molecule has 0 bridgehead atoms. The zero-order valence-corrected chi connectivity index (χ0v) is 26.6. The first-order valence-electron chi connectivity index (χ1n) is 13.9. The molecule has 1 N–H and O–H groups in total. The third-order valence-corrected chi connectivity index (χ3v) is 8.83. The molecule has 3 rings (SSSR count). The summed E-state index contributed by atoms with van der Waals surface area (Å²) < 4.78 is 45.5. The fraction of sp³-hybridized carbons (Fsp3) is 0.355. The molecule has 0 aliphatic rings. The summed E-state index contributed by atoms with van der Waals surface area (Å²) in [6.45, 7) is 5.63. The molecule has 43 heavy (non-hydrogen) atoms. The molecule has 0 saturated heterocycles. The molecule has 0 aliphatic heterocycles. The third kappa shape index (κ3) is 8.11. The van der Waals surface area contributed by atoms with Crippen LogP contribution in [0.4, 0.5) is 5.69 Å². The second kappa shape index (κ2) is 15.5. The minimum Gasteiger partial charge on any atom is -0.494 e. The van der Waals surface area contributed by atoms with Gasteiger partial charge in [0.15, 0.2) is 11.5 Å². The maximum atomic E-state index is 14.2. The smallest absolute Gasteiger partial charge is 0.264 e. The van der Waals surface area contributed by atoms with Gasteiger partial charge in [0.05, 0.1) is 31.4 Å². The van der Waals surface area contributed by atoms with Crippen LogP contribution in [0.15, 0.2) is 71.6 Å². The van der Waals surface area contributed by atoms with Gasteiger partial charge in [-0.3, -0.25) is 13.9 Å². The van der Waals surface area contributed by atoms with E-state index in [4.69, 9.17) is 25.8 Å². The van der Waals surface area contributed by atoms with E-state index in [9.17, 15) is 18.0 Å². The number of rotatable bonds is 15. The van der Waals surface area contributed by atoms with Gasteiger partial charge < -0.3 is 24.4 Å². The number of sulfonamides is 1. The van der Waals surface area contributed by atoms with E-state index < -0.39 is 28.5 Å². The number of anilines is 1. The highest BCUT2D eigenvalue weighted by molar-refractivity contribution is 7.92. The van der Waals surface area contributed by atoms with Gasteiger partial charge in [0, 0.05) is 24.2 Å². The molecule has 0 spiro atoms. The van der Waals surface area contributed by atoms with E-state index in [1.54, 1.807) is 62.4 Å². The average molecular weight is 632 g/mol. The number of hydrogen-bond donors (Lipinski definition) is 1. The number of methoxy groups -OCH3 is 2. The van der Waals surface area contributed by atoms with Crippen LogP contribution < -0.4 is 23.8 Å². The van der Waals surface area contributed by atoms with Gasteiger partial charge in [-0.05, 0) is 68.3 Å². The van der Waals surface area contributed by atoms with E-state index >= 15 is 0 Å². The van der Waals surface area contributed by atoms with Crippen LogP contribution in [-0.2, 0) is 26.2 Å². The summed E-state index contributed by atoms with van der Waals surface area (Å²) in [7, 11) is -1.48. The lowest BCUT2D eigenvalue weighted by Gasteiger charge is -2.33. The molecule has 0 heterocycles. The van der Waals surface area contributed by atoms with Gasteiger partial charge in [-0.1, -0.05) is 36.7 Å². The van der Waals surface area contributed by atoms with E-state index in [0.717, 1.165) is 4.31 Å². The number of benzene rings is 3. The number of nitrogens with zero attached hydrogens (tertiary/aromatic N) is 2. The molecule has 1 atom stereocenters. The van der Waals surface area contributed by atoms with E-state index in [0.29, 0.717) is 41.7 Å². The van der Waals surface area contributed by atoms with Gasteiger partial charge in [0.25, 0.3) is 10.0 Å². The minimum atomic E-state index is -4.33. The Bertz CT molecular complexity index is 1500. The normalized spacial score (nSPS) is 11.8. The van der Waals surface area contributed by atoms with Crippen LogP contribution in [0, 0.1) is 0 Å². The second-order valence-electron chi connectivity index (χ2n) is 9.39. The molecule has 2 amide bonds. The minimum absolute atomic E-state index is 0.00166. The summed E-state index contributed by atoms with van der Waals surface area (Å²) in [6, 6.07) is 16.7. The molecule has 0 radical (unpaired) electrons. The molecular formula is C31H38ClN3O7S. The summed E-state index contributed by atoms with van der Waals surface area (Å²) in [5.41, 5.74) is 0.853. The van der Waals surface area contributed by atoms with Crippen molar-refractivity contribution in [3.63, 3.8) is 0 Å². The number of likely N-dealkylation sites (N-methyl/N-ethyl adjacent to an activating group) is 1. The first-order valence-corrected chi connectivity index (χ1v) is 15.7. The number of nitrogens with one attached hydrogen (secondary N) is 1. The maximum absolute atomic E-state index is 14.2. The molecular weight excluding hydrogens is 594 g/mol. The molecule has 0 aromatic heterocycles. The molecule has 3 aromatic rings. The maximum Gasteiger partial charge on any atom is 0.264 e. The van der Waals surface area contributed by atoms with Crippen molar-refractivity contribution >= 4 is 39.1 Å². The third-order valence-electron chi connectivity index (χ3n) is 6.69. The van der Waals surface area contributed by atoms with Gasteiger partial charge >= 0.3 is 0 Å². The Morgan fingerprint density at radius 3 is 2.19 bits per heavy atom. The van der Waals surface area contributed by atoms with Gasteiger partial charge in [0.1, 0.15) is 18.3 Å². The van der Waals surface area contributed by atoms with Gasteiger partial charge in [0.2, 0.25) is 11.8 Å². The molecule has 0 saturated carbocycles. The quantitative estimate of drug-likeness (QED) is 0.254. The van der Waals surface area contributed by atoms with Crippen LogP contribution in [-0.4, -0.2) is 65.1 Å². The van der Waals surface area contributed by atoms with E-state index in [2.05, 4.69) is 5.32 Å². The van der Waals surface area contributed by atoms with Crippen molar-refractivity contribution in [2.75, 3.05) is 38.2 Å². The first-order chi connectivity index (χ1) is 20.6. The van der Waals surface area contributed by atoms with Crippen molar-refractivity contribution in [1.29, 1.82) is 0 Å². The van der Waals surface area contributed by atoms with Crippen molar-refractivity contribution in [2.24, 2.45) is 0 Å². The van der Waals surface area contributed by atoms with Crippen molar-refractivity contribution in [3.05, 3.63) is 77.3 Å². The molecule has 232 valence electrons. The van der Waals surface area contributed by atoms with Crippen LogP contribution in [0.2, 0.25) is 5.02 Å². The van der Waals surface area contributed by atoms with E-state index in [1.807, 2.05) is 6.92 Å². The van der Waals surface area contributed by atoms with Crippen LogP contribution in [0.1, 0.15) is 32.8 Å². The number of carbonyl (C=O) groups is 2. The highest BCUT2D eigenvalue weighted by Gasteiger charge is 2.34. The van der Waals surface area contributed by atoms with Crippen LogP contribution in [0.3, 0.4) is 0 Å². The Morgan fingerprint density at radius 2 is 1.60 bits per heavy atom. The van der Waals surface area contributed by atoms with Crippen molar-refractivity contribution < 1.29 is 32.2 Å². The SMILES string of the molecule is CCNC(=O)C(CC)N(Cc1ccccc1Cl)C(=O)CN(c1ccc(OCC)cc1)S(=O)(=O)c1ccc(OC)c(OC)c1. The largest absolute Gasteiger partial charge is 0.494 e. The zero-order valence-electron chi connectivity index (χ0n) is 25.0. The highest BCUT2D eigenvalue weighted by atomic mass is 35.5. The lowest BCUT2D eigenvalue weighted by atomic mass is 10.1. The molecule has 3 aromatic carbocycles. The number of amides is 2. The predicted octanol–water partition coefficient (Wildman–Crippen LogP) is 4.89. The first kappa shape index (κ1) is 33.5. The second-order valence-corrected chi connectivity index (χ2v) is 11.7. The molecule has 12 heteroatoms. The van der Waals surface area contributed by atoms with Crippen LogP contribution in [0.5, 0.6) is 17.2 Å². The van der Waals surface area contributed by atoms with Crippen molar-refractivity contribution in [1.82, 2.24) is 10.2 Å². The number of carbonyl (C=O) groups excluding carboxylic acids is 2. The Labute approximate surface area is 258 Å². The Balaban J connectivity index is 2.12. The van der Waals surface area contributed by atoms with E-state index in [1.165, 1.54) is 37.3 Å². The van der Waals surface area contributed by atoms with Gasteiger partial charge in [-0.15, -0.1) is 0 Å². The number of halogens is 1. The van der Waals surface area contributed by atoms with Crippen molar-refractivity contribution in [2.45, 2.75) is 44.7 Å². The topological polar surface area (TPSA) is 114 Å². The van der Waals surface area contributed by atoms with Gasteiger partial charge in [-0.2, -0.15) is 0 Å². The number of hydrogen-bond acceptors (Lipinski definition) is 7. The standard InChI is InChI=1S/C31H38ClN3O7S/c1-6-27(31(37)33-7-2)34(20-22-11-9-10-12-26(22)32)30(36)21-35(23-13-15-24(16-14-23)42-8-3)43(38,39)25-17-18-28(40-4)29(19-25)41-5/h9-19,27H,6-8,20-21H2,1-5H3,(H,33,37). The molecule has 1 unspecified atom stereocenters. The predicted molar refractivity (Wildman–Crippen MR) is 166 cm³/mol. The summed E-state index contributed by atoms with van der Waals surface area (Å²) in [4.78, 5) is 28.5. The van der Waals surface area contributed by atoms with Crippen LogP contribution >= 0.6 is 11.6 Å². The Morgan fingerprint density at radius 1 is 0.930 bits per heavy atom. The summed E-state index contributed by atoms with van der Waals surface area (Å²) >= 11 is 6.43.